The maximum absolute atomic E-state index is 6.28. The molecule has 0 aliphatic heterocycles. The van der Waals surface area contributed by atoms with Crippen molar-refractivity contribution in [3.63, 3.8) is 0 Å². The van der Waals surface area contributed by atoms with Crippen molar-refractivity contribution in [3.05, 3.63) is 32.8 Å². The normalized spacial score (nSPS) is 14.6. The summed E-state index contributed by atoms with van der Waals surface area (Å²) in [5.41, 5.74) is 13.9. The van der Waals surface area contributed by atoms with E-state index in [4.69, 9.17) is 46.3 Å². The lowest BCUT2D eigenvalue weighted by atomic mass is 10.0. The summed E-state index contributed by atoms with van der Waals surface area (Å²) in [5, 5.41) is 1.03. The van der Waals surface area contributed by atoms with E-state index in [1.54, 1.807) is 12.1 Å². The van der Waals surface area contributed by atoms with Gasteiger partial charge in [-0.2, -0.15) is 4.98 Å². The molecule has 20 heavy (non-hydrogen) atoms. The molecular weight excluding hydrogens is 319 g/mol. The molecule has 4 N–H and O–H groups in total. The maximum atomic E-state index is 6.28. The topological polar surface area (TPSA) is 77.8 Å². The second kappa shape index (κ2) is 4.95. The number of anilines is 2. The van der Waals surface area contributed by atoms with Crippen LogP contribution in [0.2, 0.25) is 15.1 Å². The summed E-state index contributed by atoms with van der Waals surface area (Å²) in [6.07, 6.45) is 2.12. The molecule has 1 aliphatic carbocycles. The number of nitrogens with zero attached hydrogens (tertiary/aromatic N) is 2. The van der Waals surface area contributed by atoms with Gasteiger partial charge in [-0.05, 0) is 30.9 Å². The highest BCUT2D eigenvalue weighted by Gasteiger charge is 2.31. The minimum Gasteiger partial charge on any atom is -0.383 e. The van der Waals surface area contributed by atoms with Crippen molar-refractivity contribution in [1.29, 1.82) is 0 Å². The molecule has 1 aromatic heterocycles. The Kier molecular flexibility index (Phi) is 3.40. The van der Waals surface area contributed by atoms with Crippen LogP contribution in [0.25, 0.3) is 11.3 Å². The van der Waals surface area contributed by atoms with Crippen molar-refractivity contribution < 1.29 is 0 Å². The number of hydrogen-bond donors (Lipinski definition) is 2. The van der Waals surface area contributed by atoms with Crippen molar-refractivity contribution in [3.8, 4) is 11.3 Å². The number of rotatable bonds is 2. The molecule has 4 nitrogen and oxygen atoms in total. The second-order valence-electron chi connectivity index (χ2n) is 4.73. The minimum absolute atomic E-state index is 0.115. The average Bonchev–Trinajstić information content (AvgIpc) is 3.19. The number of hydrogen-bond acceptors (Lipinski definition) is 4. The highest BCUT2D eigenvalue weighted by atomic mass is 35.5. The SMILES string of the molecule is Nc1nc(N)c(C2CC2)c(-c2ccc(Cl)c(Cl)c2Cl)n1. The lowest BCUT2D eigenvalue weighted by Crippen LogP contribution is -2.06. The number of aromatic nitrogens is 2. The zero-order valence-corrected chi connectivity index (χ0v) is 12.6. The lowest BCUT2D eigenvalue weighted by molar-refractivity contribution is 1.06. The molecule has 1 aliphatic rings. The van der Waals surface area contributed by atoms with Crippen LogP contribution < -0.4 is 11.5 Å². The number of nitrogen functional groups attached to an aromatic ring is 2. The number of halogens is 3. The van der Waals surface area contributed by atoms with Crippen LogP contribution >= 0.6 is 34.8 Å². The summed E-state index contributed by atoms with van der Waals surface area (Å²) in [7, 11) is 0. The van der Waals surface area contributed by atoms with E-state index in [2.05, 4.69) is 9.97 Å². The largest absolute Gasteiger partial charge is 0.383 e. The van der Waals surface area contributed by atoms with Crippen LogP contribution in [0.15, 0.2) is 12.1 Å². The lowest BCUT2D eigenvalue weighted by Gasteiger charge is -2.13. The first-order chi connectivity index (χ1) is 9.49. The zero-order valence-electron chi connectivity index (χ0n) is 10.3. The van der Waals surface area contributed by atoms with E-state index < -0.39 is 0 Å². The van der Waals surface area contributed by atoms with E-state index in [0.29, 0.717) is 38.1 Å². The summed E-state index contributed by atoms with van der Waals surface area (Å²) < 4.78 is 0. The predicted molar refractivity (Wildman–Crippen MR) is 83.3 cm³/mol. The summed E-state index contributed by atoms with van der Waals surface area (Å²) in [5.74, 6) is 0.872. The summed E-state index contributed by atoms with van der Waals surface area (Å²) in [4.78, 5) is 8.33. The van der Waals surface area contributed by atoms with Gasteiger partial charge in [0.25, 0.3) is 0 Å². The third kappa shape index (κ3) is 2.28. The highest BCUT2D eigenvalue weighted by Crippen LogP contribution is 2.48. The second-order valence-corrected chi connectivity index (χ2v) is 5.89. The maximum Gasteiger partial charge on any atom is 0.222 e. The Hall–Kier alpha value is -1.23. The van der Waals surface area contributed by atoms with Gasteiger partial charge in [0.2, 0.25) is 5.95 Å². The summed E-state index contributed by atoms with van der Waals surface area (Å²) >= 11 is 18.3. The Bertz CT molecular complexity index is 699. The Morgan fingerprint density at radius 3 is 2.35 bits per heavy atom. The monoisotopic (exact) mass is 328 g/mol. The van der Waals surface area contributed by atoms with Gasteiger partial charge < -0.3 is 11.5 Å². The van der Waals surface area contributed by atoms with Crippen LogP contribution in [0.4, 0.5) is 11.8 Å². The van der Waals surface area contributed by atoms with Gasteiger partial charge in [0.15, 0.2) is 0 Å². The van der Waals surface area contributed by atoms with Crippen LogP contribution in [0, 0.1) is 0 Å². The van der Waals surface area contributed by atoms with Gasteiger partial charge in [0.1, 0.15) is 5.82 Å². The van der Waals surface area contributed by atoms with E-state index in [-0.39, 0.29) is 5.95 Å². The fraction of sp³-hybridized carbons (Fsp3) is 0.231. The van der Waals surface area contributed by atoms with Crippen LogP contribution in [-0.4, -0.2) is 9.97 Å². The Balaban J connectivity index is 2.27. The molecule has 0 unspecified atom stereocenters. The first kappa shape index (κ1) is 13.7. The van der Waals surface area contributed by atoms with E-state index in [0.717, 1.165) is 18.4 Å². The molecule has 0 saturated heterocycles. The Morgan fingerprint density at radius 1 is 1.00 bits per heavy atom. The van der Waals surface area contributed by atoms with Gasteiger partial charge in [-0.25, -0.2) is 4.98 Å². The Labute approximate surface area is 131 Å². The summed E-state index contributed by atoms with van der Waals surface area (Å²) in [6, 6.07) is 3.44. The van der Waals surface area contributed by atoms with Gasteiger partial charge in [-0.3, -0.25) is 0 Å². The number of nitrogens with two attached hydrogens (primary N) is 2. The van der Waals surface area contributed by atoms with Crippen LogP contribution in [-0.2, 0) is 0 Å². The van der Waals surface area contributed by atoms with Gasteiger partial charge in [-0.15, -0.1) is 0 Å². The quantitative estimate of drug-likeness (QED) is 0.811. The van der Waals surface area contributed by atoms with Crippen molar-refractivity contribution >= 4 is 46.6 Å². The molecule has 0 amide bonds. The van der Waals surface area contributed by atoms with E-state index in [1.165, 1.54) is 0 Å². The van der Waals surface area contributed by atoms with Gasteiger partial charge in [0, 0.05) is 11.1 Å². The molecule has 1 fully saturated rings. The molecule has 0 spiro atoms. The standard InChI is InChI=1S/C13H11Cl3N4/c14-7-4-3-6(9(15)10(7)16)11-8(5-1-2-5)12(17)20-13(18)19-11/h3-5H,1-2H2,(H4,17,18,19,20). The molecule has 1 aromatic carbocycles. The molecule has 0 bridgehead atoms. The fourth-order valence-electron chi connectivity index (χ4n) is 2.19. The van der Waals surface area contributed by atoms with Crippen molar-refractivity contribution in [2.45, 2.75) is 18.8 Å². The van der Waals surface area contributed by atoms with Gasteiger partial charge >= 0.3 is 0 Å². The smallest absolute Gasteiger partial charge is 0.222 e. The van der Waals surface area contributed by atoms with E-state index in [9.17, 15) is 0 Å². The zero-order chi connectivity index (χ0) is 14.4. The minimum atomic E-state index is 0.115. The van der Waals surface area contributed by atoms with E-state index >= 15 is 0 Å². The van der Waals surface area contributed by atoms with Crippen LogP contribution in [0.1, 0.15) is 24.3 Å². The van der Waals surface area contributed by atoms with Crippen LogP contribution in [0.3, 0.4) is 0 Å². The molecule has 0 atom stereocenters. The molecule has 3 rings (SSSR count). The third-order valence-electron chi connectivity index (χ3n) is 3.27. The fourth-order valence-corrected chi connectivity index (χ4v) is 2.82. The first-order valence-electron chi connectivity index (χ1n) is 6.05. The molecular formula is C13H11Cl3N4. The Morgan fingerprint density at radius 2 is 1.70 bits per heavy atom. The average molecular weight is 330 g/mol. The van der Waals surface area contributed by atoms with Gasteiger partial charge in [0.05, 0.1) is 20.8 Å². The molecule has 1 saturated carbocycles. The van der Waals surface area contributed by atoms with Crippen molar-refractivity contribution in [1.82, 2.24) is 9.97 Å². The van der Waals surface area contributed by atoms with Crippen molar-refractivity contribution in [2.24, 2.45) is 0 Å². The predicted octanol–water partition coefficient (Wildman–Crippen LogP) is 4.15. The molecule has 7 heteroatoms. The number of benzene rings is 1. The molecule has 2 aromatic rings. The molecule has 0 radical (unpaired) electrons. The molecule has 104 valence electrons. The van der Waals surface area contributed by atoms with Crippen LogP contribution in [0.5, 0.6) is 0 Å². The van der Waals surface area contributed by atoms with Crippen molar-refractivity contribution in [2.75, 3.05) is 11.5 Å². The van der Waals surface area contributed by atoms with E-state index in [1.807, 2.05) is 0 Å². The first-order valence-corrected chi connectivity index (χ1v) is 7.19. The third-order valence-corrected chi connectivity index (χ3v) is 4.56. The molecule has 1 heterocycles. The summed E-state index contributed by atoms with van der Waals surface area (Å²) in [6.45, 7) is 0. The van der Waals surface area contributed by atoms with Gasteiger partial charge in [-0.1, -0.05) is 34.8 Å². The highest BCUT2D eigenvalue weighted by molar-refractivity contribution is 6.49.